The van der Waals surface area contributed by atoms with Gasteiger partial charge in [-0.05, 0) is 49.6 Å². The summed E-state index contributed by atoms with van der Waals surface area (Å²) in [5.74, 6) is 3.86. The summed E-state index contributed by atoms with van der Waals surface area (Å²) in [5, 5.41) is 1.03. The third-order valence-electron chi connectivity index (χ3n) is 3.37. The molecule has 100 valence electrons. The predicted molar refractivity (Wildman–Crippen MR) is 80.0 cm³/mol. The molecule has 1 aromatic heterocycles. The Morgan fingerprint density at radius 2 is 2.21 bits per heavy atom. The van der Waals surface area contributed by atoms with E-state index in [9.17, 15) is 0 Å². The zero-order valence-electron chi connectivity index (χ0n) is 11.3. The fraction of sp³-hybridized carbons (Fsp3) is 0.467. The van der Waals surface area contributed by atoms with E-state index in [0.29, 0.717) is 11.8 Å². The quantitative estimate of drug-likeness (QED) is 0.856. The minimum absolute atomic E-state index is 0.129. The zero-order valence-corrected chi connectivity index (χ0v) is 12.1. The van der Waals surface area contributed by atoms with Crippen LogP contribution in [0, 0.1) is 0 Å². The molecule has 0 amide bonds. The minimum atomic E-state index is 0.129. The number of benzene rings is 1. The number of rotatable bonds is 3. The van der Waals surface area contributed by atoms with Gasteiger partial charge in [-0.25, -0.2) is 9.97 Å². The first-order chi connectivity index (χ1) is 9.24. The Bertz CT molecular complexity index is 579. The maximum atomic E-state index is 5.79. The van der Waals surface area contributed by atoms with Gasteiger partial charge >= 0.3 is 0 Å². The molecule has 1 saturated heterocycles. The van der Waals surface area contributed by atoms with E-state index in [1.807, 2.05) is 25.6 Å². The molecule has 0 radical (unpaired) electrons. The number of hydrogen-bond donors (Lipinski definition) is 0. The van der Waals surface area contributed by atoms with Crippen molar-refractivity contribution < 1.29 is 4.74 Å². The van der Waals surface area contributed by atoms with Gasteiger partial charge in [-0.2, -0.15) is 11.8 Å². The van der Waals surface area contributed by atoms with Crippen LogP contribution in [0.2, 0.25) is 0 Å². The Morgan fingerprint density at radius 3 is 2.95 bits per heavy atom. The smallest absolute Gasteiger partial charge is 0.224 e. The van der Waals surface area contributed by atoms with E-state index in [0.717, 1.165) is 10.9 Å². The molecule has 3 nitrogen and oxygen atoms in total. The average molecular weight is 274 g/mol. The molecule has 1 aliphatic rings. The van der Waals surface area contributed by atoms with Crippen LogP contribution in [0.5, 0.6) is 5.88 Å². The molecule has 4 heteroatoms. The Morgan fingerprint density at radius 1 is 1.32 bits per heavy atom. The molecule has 0 N–H and O–H groups in total. The van der Waals surface area contributed by atoms with Gasteiger partial charge in [0.1, 0.15) is 6.33 Å². The summed E-state index contributed by atoms with van der Waals surface area (Å²) in [4.78, 5) is 8.60. The summed E-state index contributed by atoms with van der Waals surface area (Å²) in [6.45, 7) is 4.04. The Hall–Kier alpha value is -1.29. The lowest BCUT2D eigenvalue weighted by Crippen LogP contribution is -2.07. The molecule has 2 aromatic rings. The molecule has 0 saturated carbocycles. The molecule has 1 fully saturated rings. The van der Waals surface area contributed by atoms with Crippen LogP contribution in [0.4, 0.5) is 0 Å². The molecule has 1 aliphatic heterocycles. The lowest BCUT2D eigenvalue weighted by atomic mass is 9.97. The summed E-state index contributed by atoms with van der Waals surface area (Å²) in [7, 11) is 0. The highest BCUT2D eigenvalue weighted by molar-refractivity contribution is 7.99. The Labute approximate surface area is 117 Å². The van der Waals surface area contributed by atoms with Crippen molar-refractivity contribution in [1.82, 2.24) is 9.97 Å². The molecule has 1 atom stereocenters. The van der Waals surface area contributed by atoms with Crippen LogP contribution in [-0.2, 0) is 0 Å². The SMILES string of the molecule is CC(C)Oc1ncnc2ccc(C3CCSC3)cc12. The van der Waals surface area contributed by atoms with Gasteiger partial charge < -0.3 is 4.74 Å². The number of ether oxygens (including phenoxy) is 1. The molecule has 19 heavy (non-hydrogen) atoms. The predicted octanol–water partition coefficient (Wildman–Crippen LogP) is 3.64. The van der Waals surface area contributed by atoms with Gasteiger partial charge in [0, 0.05) is 5.75 Å². The highest BCUT2D eigenvalue weighted by atomic mass is 32.2. The fourth-order valence-electron chi connectivity index (χ4n) is 2.42. The van der Waals surface area contributed by atoms with Crippen molar-refractivity contribution in [3.8, 4) is 5.88 Å². The monoisotopic (exact) mass is 274 g/mol. The number of hydrogen-bond acceptors (Lipinski definition) is 4. The van der Waals surface area contributed by atoms with Crippen molar-refractivity contribution in [1.29, 1.82) is 0 Å². The first kappa shape index (κ1) is 12.7. The summed E-state index contributed by atoms with van der Waals surface area (Å²) in [6, 6.07) is 6.50. The van der Waals surface area contributed by atoms with Crippen LogP contribution in [0.25, 0.3) is 10.9 Å². The van der Waals surface area contributed by atoms with E-state index in [4.69, 9.17) is 4.74 Å². The fourth-order valence-corrected chi connectivity index (χ4v) is 3.68. The van der Waals surface area contributed by atoms with E-state index in [2.05, 4.69) is 28.2 Å². The summed E-state index contributed by atoms with van der Waals surface area (Å²) < 4.78 is 5.79. The normalized spacial score (nSPS) is 19.2. The van der Waals surface area contributed by atoms with Crippen molar-refractivity contribution in [2.75, 3.05) is 11.5 Å². The molecule has 2 heterocycles. The topological polar surface area (TPSA) is 35.0 Å². The number of fused-ring (bicyclic) bond motifs is 1. The Kier molecular flexibility index (Phi) is 3.60. The van der Waals surface area contributed by atoms with Crippen LogP contribution >= 0.6 is 11.8 Å². The van der Waals surface area contributed by atoms with Crippen LogP contribution in [0.1, 0.15) is 31.7 Å². The second-order valence-electron chi connectivity index (χ2n) is 5.18. The number of aromatic nitrogens is 2. The first-order valence-corrected chi connectivity index (χ1v) is 7.88. The highest BCUT2D eigenvalue weighted by Gasteiger charge is 2.18. The van der Waals surface area contributed by atoms with Gasteiger partial charge in [-0.3, -0.25) is 0 Å². The van der Waals surface area contributed by atoms with Gasteiger partial charge in [-0.1, -0.05) is 6.07 Å². The van der Waals surface area contributed by atoms with Gasteiger partial charge in [0.05, 0.1) is 17.0 Å². The largest absolute Gasteiger partial charge is 0.474 e. The van der Waals surface area contributed by atoms with Crippen molar-refractivity contribution in [3.05, 3.63) is 30.1 Å². The maximum Gasteiger partial charge on any atom is 0.224 e. The molecule has 0 bridgehead atoms. The van der Waals surface area contributed by atoms with E-state index in [-0.39, 0.29) is 6.10 Å². The van der Waals surface area contributed by atoms with Crippen molar-refractivity contribution >= 4 is 22.7 Å². The second-order valence-corrected chi connectivity index (χ2v) is 6.33. The number of nitrogens with zero attached hydrogens (tertiary/aromatic N) is 2. The van der Waals surface area contributed by atoms with Gasteiger partial charge in [-0.15, -0.1) is 0 Å². The van der Waals surface area contributed by atoms with Gasteiger partial charge in [0.2, 0.25) is 5.88 Å². The van der Waals surface area contributed by atoms with Crippen molar-refractivity contribution in [2.24, 2.45) is 0 Å². The molecule has 0 aliphatic carbocycles. The van der Waals surface area contributed by atoms with Crippen LogP contribution in [-0.4, -0.2) is 27.6 Å². The van der Waals surface area contributed by atoms with Crippen LogP contribution in [0.3, 0.4) is 0 Å². The van der Waals surface area contributed by atoms with E-state index in [1.54, 1.807) is 6.33 Å². The van der Waals surface area contributed by atoms with E-state index >= 15 is 0 Å². The average Bonchev–Trinajstić information content (AvgIpc) is 2.92. The lowest BCUT2D eigenvalue weighted by Gasteiger charge is -2.13. The summed E-state index contributed by atoms with van der Waals surface area (Å²) in [6.07, 6.45) is 2.97. The third kappa shape index (κ3) is 2.68. The molecular weight excluding hydrogens is 256 g/mol. The molecule has 0 spiro atoms. The van der Waals surface area contributed by atoms with Crippen LogP contribution in [0.15, 0.2) is 24.5 Å². The number of thioether (sulfide) groups is 1. The van der Waals surface area contributed by atoms with Crippen molar-refractivity contribution in [3.63, 3.8) is 0 Å². The molecule has 3 rings (SSSR count). The maximum absolute atomic E-state index is 5.79. The van der Waals surface area contributed by atoms with Gasteiger partial charge in [0.25, 0.3) is 0 Å². The first-order valence-electron chi connectivity index (χ1n) is 6.73. The zero-order chi connectivity index (χ0) is 13.2. The third-order valence-corrected chi connectivity index (χ3v) is 4.53. The molecule has 1 aromatic carbocycles. The highest BCUT2D eigenvalue weighted by Crippen LogP contribution is 2.34. The standard InChI is InChI=1S/C15H18N2OS/c1-10(2)18-15-13-7-11(12-5-6-19-8-12)3-4-14(13)16-9-17-15/h3-4,7,9-10,12H,5-6,8H2,1-2H3. The van der Waals surface area contributed by atoms with Gasteiger partial charge in [0.15, 0.2) is 0 Å². The van der Waals surface area contributed by atoms with E-state index < -0.39 is 0 Å². The minimum Gasteiger partial charge on any atom is -0.474 e. The second kappa shape index (κ2) is 5.37. The Balaban J connectivity index is 2.03. The van der Waals surface area contributed by atoms with Crippen molar-refractivity contribution in [2.45, 2.75) is 32.3 Å². The molecule has 1 unspecified atom stereocenters. The molecular formula is C15H18N2OS. The summed E-state index contributed by atoms with van der Waals surface area (Å²) >= 11 is 2.03. The van der Waals surface area contributed by atoms with Crippen LogP contribution < -0.4 is 4.74 Å². The summed E-state index contributed by atoms with van der Waals surface area (Å²) in [5.41, 5.74) is 2.35. The lowest BCUT2D eigenvalue weighted by molar-refractivity contribution is 0.235. The van der Waals surface area contributed by atoms with E-state index in [1.165, 1.54) is 23.5 Å².